The lowest BCUT2D eigenvalue weighted by molar-refractivity contribution is 0.559. The van der Waals surface area contributed by atoms with Crippen LogP contribution in [0.25, 0.3) is 0 Å². The Morgan fingerprint density at radius 3 is 1.87 bits per heavy atom. The standard InChI is InChI=1S/C12H10O3/c1-7-8(2)10(4-13)12(6-15)11(5-14)9(7)3/h8H,1-3H3. The summed E-state index contributed by atoms with van der Waals surface area (Å²) in [7, 11) is 0. The lowest BCUT2D eigenvalue weighted by atomic mass is 9.77. The number of hydrogen-bond donors (Lipinski definition) is 0. The van der Waals surface area contributed by atoms with Crippen molar-refractivity contribution in [1.82, 2.24) is 0 Å². The Bertz CT molecular complexity index is 489. The second-order valence-corrected chi connectivity index (χ2v) is 3.50. The van der Waals surface area contributed by atoms with E-state index >= 15 is 0 Å². The second kappa shape index (κ2) is 4.08. The zero-order valence-corrected chi connectivity index (χ0v) is 8.80. The fraction of sp³-hybridized carbons (Fsp3) is 0.333. The van der Waals surface area contributed by atoms with Crippen LogP contribution in [0.3, 0.4) is 0 Å². The van der Waals surface area contributed by atoms with E-state index in [1.165, 1.54) is 0 Å². The van der Waals surface area contributed by atoms with Crippen molar-refractivity contribution in [1.29, 1.82) is 0 Å². The molecule has 0 N–H and O–H groups in total. The Kier molecular flexibility index (Phi) is 3.04. The van der Waals surface area contributed by atoms with Crippen LogP contribution < -0.4 is 0 Å². The van der Waals surface area contributed by atoms with Gasteiger partial charge in [0.15, 0.2) is 0 Å². The lowest BCUT2D eigenvalue weighted by Crippen LogP contribution is -2.16. The smallest absolute Gasteiger partial charge is 0.134 e. The Morgan fingerprint density at radius 2 is 1.47 bits per heavy atom. The third kappa shape index (κ3) is 1.56. The minimum Gasteiger partial charge on any atom is -0.233 e. The normalized spacial score (nSPS) is 21.0. The van der Waals surface area contributed by atoms with Crippen molar-refractivity contribution < 1.29 is 14.4 Å². The zero-order valence-electron chi connectivity index (χ0n) is 8.80. The molecule has 0 aromatic carbocycles. The Balaban J connectivity index is 3.68. The number of allylic oxidation sites excluding steroid dienone is 5. The molecular weight excluding hydrogens is 192 g/mol. The molecule has 1 aliphatic rings. The van der Waals surface area contributed by atoms with Crippen LogP contribution >= 0.6 is 0 Å². The summed E-state index contributed by atoms with van der Waals surface area (Å²) in [6.45, 7) is 5.33. The highest BCUT2D eigenvalue weighted by Gasteiger charge is 2.29. The van der Waals surface area contributed by atoms with Crippen LogP contribution in [-0.4, -0.2) is 17.8 Å². The summed E-state index contributed by atoms with van der Waals surface area (Å²) in [5.74, 6) is 4.81. The zero-order chi connectivity index (χ0) is 11.6. The van der Waals surface area contributed by atoms with E-state index in [-0.39, 0.29) is 22.6 Å². The quantitative estimate of drug-likeness (QED) is 0.555. The van der Waals surface area contributed by atoms with Crippen molar-refractivity contribution in [2.75, 3.05) is 0 Å². The van der Waals surface area contributed by atoms with Crippen LogP contribution in [0, 0.1) is 5.92 Å². The summed E-state index contributed by atoms with van der Waals surface area (Å²) in [6, 6.07) is 0. The van der Waals surface area contributed by atoms with Gasteiger partial charge in [0.25, 0.3) is 0 Å². The van der Waals surface area contributed by atoms with E-state index in [1.54, 1.807) is 31.7 Å². The molecule has 3 nitrogen and oxygen atoms in total. The van der Waals surface area contributed by atoms with Crippen LogP contribution in [-0.2, 0) is 14.4 Å². The summed E-state index contributed by atoms with van der Waals surface area (Å²) >= 11 is 0. The van der Waals surface area contributed by atoms with E-state index in [0.717, 1.165) is 5.57 Å². The third-order valence-corrected chi connectivity index (χ3v) is 2.88. The molecule has 0 radical (unpaired) electrons. The second-order valence-electron chi connectivity index (χ2n) is 3.50. The van der Waals surface area contributed by atoms with E-state index in [1.807, 2.05) is 6.92 Å². The molecule has 0 saturated heterocycles. The topological polar surface area (TPSA) is 51.2 Å². The predicted molar refractivity (Wildman–Crippen MR) is 55.2 cm³/mol. The molecule has 1 unspecified atom stereocenters. The van der Waals surface area contributed by atoms with E-state index in [0.29, 0.717) is 5.57 Å². The van der Waals surface area contributed by atoms with Gasteiger partial charge in [-0.3, -0.25) is 0 Å². The van der Waals surface area contributed by atoms with Gasteiger partial charge in [-0.2, -0.15) is 0 Å². The summed E-state index contributed by atoms with van der Waals surface area (Å²) in [4.78, 5) is 32.2. The molecule has 0 aromatic rings. The van der Waals surface area contributed by atoms with E-state index in [9.17, 15) is 14.4 Å². The van der Waals surface area contributed by atoms with Crippen LogP contribution in [0.15, 0.2) is 27.9 Å². The number of carbonyl (C=O) groups excluding carboxylic acids is 3. The van der Waals surface area contributed by atoms with Gasteiger partial charge >= 0.3 is 0 Å². The molecule has 0 spiro atoms. The van der Waals surface area contributed by atoms with Crippen molar-refractivity contribution in [3.05, 3.63) is 27.9 Å². The summed E-state index contributed by atoms with van der Waals surface area (Å²) in [5.41, 5.74) is 1.88. The maximum Gasteiger partial charge on any atom is 0.134 e. The first kappa shape index (κ1) is 11.2. The molecule has 1 aliphatic carbocycles. The number of rotatable bonds is 0. The highest BCUT2D eigenvalue weighted by atomic mass is 16.1. The largest absolute Gasteiger partial charge is 0.233 e. The van der Waals surface area contributed by atoms with Gasteiger partial charge in [-0.1, -0.05) is 12.5 Å². The van der Waals surface area contributed by atoms with Gasteiger partial charge in [-0.25, -0.2) is 14.4 Å². The highest BCUT2D eigenvalue weighted by Crippen LogP contribution is 2.37. The molecule has 0 bridgehead atoms. The first-order valence-electron chi connectivity index (χ1n) is 4.52. The molecular formula is C12H10O3. The van der Waals surface area contributed by atoms with Gasteiger partial charge in [0, 0.05) is 5.92 Å². The molecule has 0 fully saturated rings. The molecule has 15 heavy (non-hydrogen) atoms. The first-order valence-corrected chi connectivity index (χ1v) is 4.52. The Hall–Kier alpha value is -1.91. The maximum atomic E-state index is 10.7. The van der Waals surface area contributed by atoms with Crippen LogP contribution in [0.5, 0.6) is 0 Å². The van der Waals surface area contributed by atoms with Crippen molar-refractivity contribution in [3.63, 3.8) is 0 Å². The first-order chi connectivity index (χ1) is 7.08. The van der Waals surface area contributed by atoms with E-state index in [4.69, 9.17) is 0 Å². The van der Waals surface area contributed by atoms with Gasteiger partial charge in [0.2, 0.25) is 0 Å². The average molecular weight is 202 g/mol. The molecule has 0 aliphatic heterocycles. The van der Waals surface area contributed by atoms with Crippen molar-refractivity contribution in [2.24, 2.45) is 5.92 Å². The monoisotopic (exact) mass is 202 g/mol. The SMILES string of the molecule is CC1=C(C)C(C)C(=C=O)C(=C=O)C1=C=O. The van der Waals surface area contributed by atoms with Crippen molar-refractivity contribution in [2.45, 2.75) is 20.8 Å². The molecule has 0 amide bonds. The minimum absolute atomic E-state index is 0.00407. The van der Waals surface area contributed by atoms with Gasteiger partial charge in [0.05, 0.1) is 16.7 Å². The Morgan fingerprint density at radius 1 is 0.933 bits per heavy atom. The van der Waals surface area contributed by atoms with E-state index < -0.39 is 0 Å². The predicted octanol–water partition coefficient (Wildman–Crippen LogP) is 1.25. The Labute approximate surface area is 87.5 Å². The molecule has 0 heterocycles. The van der Waals surface area contributed by atoms with Gasteiger partial charge < -0.3 is 0 Å². The maximum absolute atomic E-state index is 10.7. The molecule has 3 heteroatoms. The summed E-state index contributed by atoms with van der Waals surface area (Å²) in [6.07, 6.45) is 0. The van der Waals surface area contributed by atoms with Crippen molar-refractivity contribution in [3.8, 4) is 0 Å². The molecule has 1 rings (SSSR count). The van der Waals surface area contributed by atoms with E-state index in [2.05, 4.69) is 0 Å². The summed E-state index contributed by atoms with van der Waals surface area (Å²) < 4.78 is 0. The minimum atomic E-state index is -0.198. The number of hydrogen-bond acceptors (Lipinski definition) is 3. The van der Waals surface area contributed by atoms with Crippen molar-refractivity contribution >= 4 is 17.8 Å². The molecule has 0 saturated carbocycles. The average Bonchev–Trinajstić information content (AvgIpc) is 2.25. The fourth-order valence-electron chi connectivity index (χ4n) is 1.65. The molecule has 0 aromatic heterocycles. The summed E-state index contributed by atoms with van der Waals surface area (Å²) in [5, 5.41) is 0. The van der Waals surface area contributed by atoms with Crippen LogP contribution in [0.4, 0.5) is 0 Å². The lowest BCUT2D eigenvalue weighted by Gasteiger charge is -2.23. The van der Waals surface area contributed by atoms with Gasteiger partial charge in [-0.15, -0.1) is 0 Å². The molecule has 1 atom stereocenters. The van der Waals surface area contributed by atoms with Crippen LogP contribution in [0.1, 0.15) is 20.8 Å². The molecule has 76 valence electrons. The van der Waals surface area contributed by atoms with Gasteiger partial charge in [-0.05, 0) is 19.4 Å². The van der Waals surface area contributed by atoms with Crippen LogP contribution in [0.2, 0.25) is 0 Å². The highest BCUT2D eigenvalue weighted by molar-refractivity contribution is 5.88. The van der Waals surface area contributed by atoms with Gasteiger partial charge in [0.1, 0.15) is 17.8 Å². The fourth-order valence-corrected chi connectivity index (χ4v) is 1.65. The third-order valence-electron chi connectivity index (χ3n) is 2.88.